The molecule has 3 rings (SSSR count). The van der Waals surface area contributed by atoms with Crippen molar-refractivity contribution in [1.29, 1.82) is 0 Å². The highest BCUT2D eigenvalue weighted by Crippen LogP contribution is 2.30. The van der Waals surface area contributed by atoms with Crippen LogP contribution in [-0.2, 0) is 4.74 Å². The van der Waals surface area contributed by atoms with Crippen molar-refractivity contribution < 1.29 is 13.9 Å². The standard InChI is InChI=1S/C23H22FNO2/c1-4-27-23(26)22-16(3)25-21(14-20(22)15(2)24)19-12-10-18(11-13-19)17-8-6-5-7-9-17/h5-15H,4H2,1-3H3/t15-/m1/s1. The van der Waals surface area contributed by atoms with Crippen LogP contribution in [0.3, 0.4) is 0 Å². The summed E-state index contributed by atoms with van der Waals surface area (Å²) in [5, 5.41) is 0. The van der Waals surface area contributed by atoms with E-state index < -0.39 is 12.1 Å². The third-order valence-corrected chi connectivity index (χ3v) is 4.43. The fourth-order valence-electron chi connectivity index (χ4n) is 3.09. The molecule has 138 valence electrons. The maximum atomic E-state index is 14.2. The topological polar surface area (TPSA) is 39.2 Å². The van der Waals surface area contributed by atoms with E-state index in [1.54, 1.807) is 19.9 Å². The minimum absolute atomic E-state index is 0.219. The number of ether oxygens (including phenoxy) is 1. The number of carbonyl (C=O) groups excluding carboxylic acids is 1. The summed E-state index contributed by atoms with van der Waals surface area (Å²) in [6, 6.07) is 19.7. The zero-order valence-corrected chi connectivity index (χ0v) is 15.7. The quantitative estimate of drug-likeness (QED) is 0.527. The summed E-state index contributed by atoms with van der Waals surface area (Å²) in [6.45, 7) is 5.09. The number of pyridine rings is 1. The van der Waals surface area contributed by atoms with Crippen molar-refractivity contribution in [3.63, 3.8) is 0 Å². The van der Waals surface area contributed by atoms with E-state index in [4.69, 9.17) is 4.74 Å². The highest BCUT2D eigenvalue weighted by Gasteiger charge is 2.22. The lowest BCUT2D eigenvalue weighted by atomic mass is 9.98. The summed E-state index contributed by atoms with van der Waals surface area (Å²) in [4.78, 5) is 16.7. The van der Waals surface area contributed by atoms with Crippen molar-refractivity contribution in [2.45, 2.75) is 26.9 Å². The van der Waals surface area contributed by atoms with Gasteiger partial charge < -0.3 is 4.74 Å². The second-order valence-corrected chi connectivity index (χ2v) is 6.34. The van der Waals surface area contributed by atoms with Crippen molar-refractivity contribution in [3.05, 3.63) is 77.5 Å². The molecule has 1 atom stereocenters. The Morgan fingerprint density at radius 1 is 1.04 bits per heavy atom. The fourth-order valence-corrected chi connectivity index (χ4v) is 3.09. The van der Waals surface area contributed by atoms with E-state index in [2.05, 4.69) is 17.1 Å². The summed E-state index contributed by atoms with van der Waals surface area (Å²) < 4.78 is 19.3. The van der Waals surface area contributed by atoms with Gasteiger partial charge in [0.05, 0.1) is 23.6 Å². The van der Waals surface area contributed by atoms with Crippen LogP contribution >= 0.6 is 0 Å². The van der Waals surface area contributed by atoms with E-state index >= 15 is 0 Å². The Morgan fingerprint density at radius 2 is 1.63 bits per heavy atom. The zero-order chi connectivity index (χ0) is 19.4. The molecule has 0 amide bonds. The molecule has 0 aliphatic rings. The van der Waals surface area contributed by atoms with Crippen molar-refractivity contribution >= 4 is 5.97 Å². The average Bonchev–Trinajstić information content (AvgIpc) is 2.68. The molecule has 0 saturated carbocycles. The van der Waals surface area contributed by atoms with Crippen molar-refractivity contribution in [1.82, 2.24) is 4.98 Å². The van der Waals surface area contributed by atoms with Gasteiger partial charge in [-0.05, 0) is 38.0 Å². The number of carbonyl (C=O) groups is 1. The molecule has 0 spiro atoms. The minimum atomic E-state index is -1.30. The number of benzene rings is 2. The van der Waals surface area contributed by atoms with Gasteiger partial charge in [-0.3, -0.25) is 4.98 Å². The van der Waals surface area contributed by atoms with Crippen LogP contribution in [0.4, 0.5) is 4.39 Å². The van der Waals surface area contributed by atoms with Gasteiger partial charge >= 0.3 is 5.97 Å². The highest BCUT2D eigenvalue weighted by atomic mass is 19.1. The molecular weight excluding hydrogens is 341 g/mol. The first kappa shape index (κ1) is 18.8. The predicted molar refractivity (Wildman–Crippen MR) is 105 cm³/mol. The lowest BCUT2D eigenvalue weighted by Crippen LogP contribution is -2.12. The molecular formula is C23H22FNO2. The van der Waals surface area contributed by atoms with Crippen LogP contribution in [0.15, 0.2) is 60.7 Å². The summed E-state index contributed by atoms with van der Waals surface area (Å²) in [5.74, 6) is -0.534. The van der Waals surface area contributed by atoms with E-state index in [-0.39, 0.29) is 12.2 Å². The van der Waals surface area contributed by atoms with Gasteiger partial charge in [-0.15, -0.1) is 0 Å². The Bertz CT molecular complexity index is 935. The average molecular weight is 363 g/mol. The molecule has 0 fully saturated rings. The summed E-state index contributed by atoms with van der Waals surface area (Å²) in [6.07, 6.45) is -1.30. The Kier molecular flexibility index (Phi) is 5.65. The normalized spacial score (nSPS) is 11.9. The summed E-state index contributed by atoms with van der Waals surface area (Å²) in [5.41, 5.74) is 4.73. The number of rotatable bonds is 5. The van der Waals surface area contributed by atoms with Crippen LogP contribution in [0.25, 0.3) is 22.4 Å². The zero-order valence-electron chi connectivity index (χ0n) is 15.7. The van der Waals surface area contributed by atoms with Crippen LogP contribution < -0.4 is 0 Å². The molecule has 3 aromatic rings. The maximum absolute atomic E-state index is 14.2. The van der Waals surface area contributed by atoms with E-state index in [1.807, 2.05) is 42.5 Å². The predicted octanol–water partition coefficient (Wildman–Crippen LogP) is 5.93. The molecule has 0 bridgehead atoms. The number of alkyl halides is 1. The summed E-state index contributed by atoms with van der Waals surface area (Å²) in [7, 11) is 0. The van der Waals surface area contributed by atoms with Gasteiger partial charge in [-0.25, -0.2) is 9.18 Å². The smallest absolute Gasteiger partial charge is 0.340 e. The maximum Gasteiger partial charge on any atom is 0.340 e. The molecule has 0 unspecified atom stereocenters. The largest absolute Gasteiger partial charge is 0.462 e. The molecule has 4 heteroatoms. The van der Waals surface area contributed by atoms with E-state index in [9.17, 15) is 9.18 Å². The molecule has 2 aromatic carbocycles. The molecule has 0 aliphatic carbocycles. The Hall–Kier alpha value is -3.01. The Labute approximate surface area is 158 Å². The van der Waals surface area contributed by atoms with E-state index in [0.717, 1.165) is 16.7 Å². The molecule has 1 heterocycles. The number of aromatic nitrogens is 1. The Balaban J connectivity index is 2.01. The number of esters is 1. The lowest BCUT2D eigenvalue weighted by molar-refractivity contribution is 0.0521. The van der Waals surface area contributed by atoms with Crippen LogP contribution in [-0.4, -0.2) is 17.6 Å². The summed E-state index contributed by atoms with van der Waals surface area (Å²) >= 11 is 0. The number of nitrogens with zero attached hydrogens (tertiary/aromatic N) is 1. The van der Waals surface area contributed by atoms with Crippen LogP contribution in [0.5, 0.6) is 0 Å². The third kappa shape index (κ3) is 4.05. The molecule has 0 saturated heterocycles. The van der Waals surface area contributed by atoms with Crippen molar-refractivity contribution in [2.75, 3.05) is 6.61 Å². The van der Waals surface area contributed by atoms with Gasteiger partial charge in [0.1, 0.15) is 6.17 Å². The minimum Gasteiger partial charge on any atom is -0.462 e. The first-order valence-corrected chi connectivity index (χ1v) is 8.99. The Morgan fingerprint density at radius 3 is 2.22 bits per heavy atom. The van der Waals surface area contributed by atoms with Crippen LogP contribution in [0.1, 0.15) is 41.6 Å². The van der Waals surface area contributed by atoms with Gasteiger partial charge in [0.2, 0.25) is 0 Å². The van der Waals surface area contributed by atoms with E-state index in [1.165, 1.54) is 6.92 Å². The van der Waals surface area contributed by atoms with Crippen LogP contribution in [0, 0.1) is 6.92 Å². The first-order valence-electron chi connectivity index (χ1n) is 8.99. The van der Waals surface area contributed by atoms with Gasteiger partial charge in [0.15, 0.2) is 0 Å². The first-order chi connectivity index (χ1) is 13.0. The number of hydrogen-bond donors (Lipinski definition) is 0. The van der Waals surface area contributed by atoms with Gasteiger partial charge in [-0.2, -0.15) is 0 Å². The molecule has 3 nitrogen and oxygen atoms in total. The SMILES string of the molecule is CCOC(=O)c1c([C@@H](C)F)cc(-c2ccc(-c3ccccc3)cc2)nc1C. The number of halogens is 1. The number of aryl methyl sites for hydroxylation is 1. The fraction of sp³-hybridized carbons (Fsp3) is 0.217. The molecule has 27 heavy (non-hydrogen) atoms. The molecule has 0 aliphatic heterocycles. The second kappa shape index (κ2) is 8.12. The molecule has 1 aromatic heterocycles. The number of hydrogen-bond acceptors (Lipinski definition) is 3. The van der Waals surface area contributed by atoms with Gasteiger partial charge in [0, 0.05) is 11.1 Å². The van der Waals surface area contributed by atoms with Gasteiger partial charge in [-0.1, -0.05) is 54.6 Å². The van der Waals surface area contributed by atoms with Crippen LogP contribution in [0.2, 0.25) is 0 Å². The highest BCUT2D eigenvalue weighted by molar-refractivity contribution is 5.93. The lowest BCUT2D eigenvalue weighted by Gasteiger charge is -2.15. The monoisotopic (exact) mass is 363 g/mol. The molecule has 0 N–H and O–H groups in total. The van der Waals surface area contributed by atoms with Crippen molar-refractivity contribution in [3.8, 4) is 22.4 Å². The van der Waals surface area contributed by atoms with E-state index in [0.29, 0.717) is 17.0 Å². The molecule has 0 radical (unpaired) electrons. The third-order valence-electron chi connectivity index (χ3n) is 4.43. The van der Waals surface area contributed by atoms with Crippen molar-refractivity contribution in [2.24, 2.45) is 0 Å². The second-order valence-electron chi connectivity index (χ2n) is 6.34. The van der Waals surface area contributed by atoms with Gasteiger partial charge in [0.25, 0.3) is 0 Å².